The van der Waals surface area contributed by atoms with E-state index in [-0.39, 0.29) is 6.04 Å². The van der Waals surface area contributed by atoms with Crippen molar-refractivity contribution in [2.24, 2.45) is 5.10 Å². The van der Waals surface area contributed by atoms with Gasteiger partial charge >= 0.3 is 0 Å². The first-order valence-corrected chi connectivity index (χ1v) is 9.10. The average Bonchev–Trinajstić information content (AvgIpc) is 2.82. The number of rotatable bonds is 3. The summed E-state index contributed by atoms with van der Waals surface area (Å²) < 4.78 is 11.0. The average molecular weight is 385 g/mol. The number of nitrogens with zero attached hydrogens (tertiary/aromatic N) is 2. The lowest BCUT2D eigenvalue weighted by Crippen LogP contribution is -2.40. The van der Waals surface area contributed by atoms with E-state index in [1.54, 1.807) is 21.3 Å². The van der Waals surface area contributed by atoms with Crippen LogP contribution in [-0.4, -0.2) is 43.1 Å². The third-order valence-corrected chi connectivity index (χ3v) is 5.00. The van der Waals surface area contributed by atoms with E-state index in [0.29, 0.717) is 22.3 Å². The molecular weight excluding hydrogens is 360 g/mol. The van der Waals surface area contributed by atoms with E-state index in [9.17, 15) is 0 Å². The molecule has 0 spiro atoms. The first-order valence-electron chi connectivity index (χ1n) is 8.69. The molecule has 3 N–H and O–H groups in total. The molecule has 0 amide bonds. The number of anilines is 1. The van der Waals surface area contributed by atoms with Gasteiger partial charge in [0, 0.05) is 23.9 Å². The molecule has 1 aliphatic heterocycles. The molecule has 0 aromatic heterocycles. The lowest BCUT2D eigenvalue weighted by molar-refractivity contribution is 0.342. The van der Waals surface area contributed by atoms with Gasteiger partial charge in [-0.1, -0.05) is 12.1 Å². The minimum atomic E-state index is 0.0769. The second-order valence-electron chi connectivity index (χ2n) is 6.39. The highest BCUT2D eigenvalue weighted by molar-refractivity contribution is 7.80. The largest absolute Gasteiger partial charge is 0.493 e. The SMILES string of the molecule is CNC(=S)N1N=C(c2ccc(N)cc2)c2cc(OC)c(OC)cc2CC1C. The number of methoxy groups -OCH3 is 2. The van der Waals surface area contributed by atoms with E-state index in [1.807, 2.05) is 41.4 Å². The molecular formula is C20H24N4O2S. The highest BCUT2D eigenvalue weighted by Gasteiger charge is 2.27. The quantitative estimate of drug-likeness (QED) is 0.626. The van der Waals surface area contributed by atoms with E-state index in [0.717, 1.165) is 28.8 Å². The number of thiocarbonyl (C=S) groups is 1. The van der Waals surface area contributed by atoms with Gasteiger partial charge in [-0.3, -0.25) is 0 Å². The van der Waals surface area contributed by atoms with Crippen LogP contribution in [0.2, 0.25) is 0 Å². The molecule has 0 radical (unpaired) electrons. The molecule has 1 unspecified atom stereocenters. The lowest BCUT2D eigenvalue weighted by Gasteiger charge is -2.25. The Kier molecular flexibility index (Phi) is 5.51. The van der Waals surface area contributed by atoms with Crippen molar-refractivity contribution in [1.29, 1.82) is 0 Å². The zero-order chi connectivity index (χ0) is 19.6. The molecule has 3 rings (SSSR count). The Morgan fingerprint density at radius 1 is 1.19 bits per heavy atom. The van der Waals surface area contributed by atoms with Gasteiger partial charge in [0.05, 0.1) is 26.0 Å². The normalized spacial score (nSPS) is 16.1. The Hall–Kier alpha value is -2.80. The van der Waals surface area contributed by atoms with Crippen molar-refractivity contribution in [3.8, 4) is 11.5 Å². The van der Waals surface area contributed by atoms with Crippen LogP contribution in [0.5, 0.6) is 11.5 Å². The van der Waals surface area contributed by atoms with Gasteiger partial charge < -0.3 is 20.5 Å². The van der Waals surface area contributed by atoms with Crippen LogP contribution in [0.1, 0.15) is 23.6 Å². The van der Waals surface area contributed by atoms with Crippen molar-refractivity contribution in [3.63, 3.8) is 0 Å². The van der Waals surface area contributed by atoms with Gasteiger partial charge in [-0.2, -0.15) is 5.10 Å². The molecule has 0 fully saturated rings. The van der Waals surface area contributed by atoms with E-state index >= 15 is 0 Å². The number of hydrogen-bond acceptors (Lipinski definition) is 5. The molecule has 1 atom stereocenters. The van der Waals surface area contributed by atoms with Crippen LogP contribution in [0.4, 0.5) is 5.69 Å². The second-order valence-corrected chi connectivity index (χ2v) is 6.77. The molecule has 142 valence electrons. The number of fused-ring (bicyclic) bond motifs is 1. The van der Waals surface area contributed by atoms with Gasteiger partial charge in [-0.05, 0) is 55.4 Å². The van der Waals surface area contributed by atoms with Crippen molar-refractivity contribution in [2.45, 2.75) is 19.4 Å². The van der Waals surface area contributed by atoms with E-state index in [1.165, 1.54) is 0 Å². The topological polar surface area (TPSA) is 72.1 Å². The lowest BCUT2D eigenvalue weighted by atomic mass is 9.94. The van der Waals surface area contributed by atoms with Crippen LogP contribution in [0.3, 0.4) is 0 Å². The van der Waals surface area contributed by atoms with Crippen molar-refractivity contribution in [2.75, 3.05) is 27.0 Å². The Morgan fingerprint density at radius 3 is 2.41 bits per heavy atom. The Bertz CT molecular complexity index is 880. The summed E-state index contributed by atoms with van der Waals surface area (Å²) in [6, 6.07) is 11.7. The molecule has 7 heteroatoms. The minimum absolute atomic E-state index is 0.0769. The number of hydrazone groups is 1. The second kappa shape index (κ2) is 7.84. The van der Waals surface area contributed by atoms with Crippen molar-refractivity contribution in [1.82, 2.24) is 10.3 Å². The highest BCUT2D eigenvalue weighted by Crippen LogP contribution is 2.34. The van der Waals surface area contributed by atoms with Crippen LogP contribution in [0.15, 0.2) is 41.5 Å². The number of ether oxygens (including phenoxy) is 2. The number of nitrogen functional groups attached to an aromatic ring is 1. The summed E-state index contributed by atoms with van der Waals surface area (Å²) in [6.07, 6.45) is 0.763. The van der Waals surface area contributed by atoms with Gasteiger partial charge in [0.2, 0.25) is 0 Å². The molecule has 1 aliphatic rings. The molecule has 2 aromatic rings. The van der Waals surface area contributed by atoms with Gasteiger partial charge in [0.25, 0.3) is 0 Å². The predicted molar refractivity (Wildman–Crippen MR) is 113 cm³/mol. The fraction of sp³-hybridized carbons (Fsp3) is 0.300. The molecule has 0 bridgehead atoms. The number of hydrogen-bond donors (Lipinski definition) is 2. The molecule has 0 saturated carbocycles. The predicted octanol–water partition coefficient (Wildman–Crippen LogP) is 2.79. The van der Waals surface area contributed by atoms with Gasteiger partial charge in [0.15, 0.2) is 16.6 Å². The molecule has 1 heterocycles. The van der Waals surface area contributed by atoms with Gasteiger partial charge in [-0.25, -0.2) is 5.01 Å². The molecule has 27 heavy (non-hydrogen) atoms. The number of nitrogens with two attached hydrogens (primary N) is 1. The Labute approximate surface area is 165 Å². The monoisotopic (exact) mass is 384 g/mol. The third kappa shape index (κ3) is 3.68. The maximum absolute atomic E-state index is 5.87. The van der Waals surface area contributed by atoms with E-state index in [2.05, 4.69) is 12.2 Å². The molecule has 6 nitrogen and oxygen atoms in total. The summed E-state index contributed by atoms with van der Waals surface area (Å²) in [5.74, 6) is 1.36. The molecule has 0 saturated heterocycles. The van der Waals surface area contributed by atoms with Crippen molar-refractivity contribution < 1.29 is 9.47 Å². The summed E-state index contributed by atoms with van der Waals surface area (Å²) in [7, 11) is 5.07. The summed E-state index contributed by atoms with van der Waals surface area (Å²) in [5.41, 5.74) is 10.5. The Balaban J connectivity index is 2.24. The smallest absolute Gasteiger partial charge is 0.189 e. The van der Waals surface area contributed by atoms with Crippen LogP contribution in [-0.2, 0) is 6.42 Å². The van der Waals surface area contributed by atoms with Crippen LogP contribution < -0.4 is 20.5 Å². The minimum Gasteiger partial charge on any atom is -0.493 e. The van der Waals surface area contributed by atoms with Crippen molar-refractivity contribution in [3.05, 3.63) is 53.1 Å². The maximum atomic E-state index is 5.87. The standard InChI is InChI=1S/C20H24N4O2S/c1-12-9-14-10-17(25-3)18(26-4)11-16(14)19(23-24(12)20(27)22-2)13-5-7-15(21)8-6-13/h5-8,10-12H,9,21H2,1-4H3,(H,22,27). The van der Waals surface area contributed by atoms with Crippen LogP contribution in [0.25, 0.3) is 0 Å². The Morgan fingerprint density at radius 2 is 1.81 bits per heavy atom. The fourth-order valence-electron chi connectivity index (χ4n) is 3.19. The molecule has 0 aliphatic carbocycles. The number of nitrogens with one attached hydrogen (secondary N) is 1. The van der Waals surface area contributed by atoms with E-state index in [4.69, 9.17) is 32.5 Å². The maximum Gasteiger partial charge on any atom is 0.189 e. The summed E-state index contributed by atoms with van der Waals surface area (Å²) >= 11 is 5.48. The highest BCUT2D eigenvalue weighted by atomic mass is 32.1. The third-order valence-electron chi connectivity index (χ3n) is 4.61. The summed E-state index contributed by atoms with van der Waals surface area (Å²) in [5, 5.41) is 10.4. The first-order chi connectivity index (χ1) is 13.0. The first kappa shape index (κ1) is 19.0. The molecule has 2 aromatic carbocycles. The van der Waals surface area contributed by atoms with Gasteiger partial charge in [-0.15, -0.1) is 0 Å². The van der Waals surface area contributed by atoms with Gasteiger partial charge in [0.1, 0.15) is 0 Å². The zero-order valence-electron chi connectivity index (χ0n) is 15.9. The number of benzene rings is 2. The summed E-state index contributed by atoms with van der Waals surface area (Å²) in [4.78, 5) is 0. The van der Waals surface area contributed by atoms with Crippen molar-refractivity contribution >= 4 is 28.7 Å². The van der Waals surface area contributed by atoms with Crippen LogP contribution >= 0.6 is 12.2 Å². The zero-order valence-corrected chi connectivity index (χ0v) is 16.8. The van der Waals surface area contributed by atoms with E-state index < -0.39 is 0 Å². The fourth-order valence-corrected chi connectivity index (χ4v) is 3.41. The summed E-state index contributed by atoms with van der Waals surface area (Å²) in [6.45, 7) is 2.10. The van der Waals surface area contributed by atoms with Crippen LogP contribution in [0, 0.1) is 0 Å².